The maximum absolute atomic E-state index is 11.4. The maximum Gasteiger partial charge on any atom is 0.159 e. The zero-order chi connectivity index (χ0) is 9.72. The van der Waals surface area contributed by atoms with Gasteiger partial charge in [-0.1, -0.05) is 0 Å². The van der Waals surface area contributed by atoms with Gasteiger partial charge in [0.15, 0.2) is 6.23 Å². The van der Waals surface area contributed by atoms with Crippen molar-refractivity contribution in [2.75, 3.05) is 0 Å². The van der Waals surface area contributed by atoms with E-state index in [1.165, 1.54) is 0 Å². The lowest BCUT2D eigenvalue weighted by molar-refractivity contribution is -0.0770. The minimum atomic E-state index is -0.880. The van der Waals surface area contributed by atoms with Crippen LogP contribution in [-0.4, -0.2) is 23.2 Å². The molecule has 0 spiro atoms. The van der Waals surface area contributed by atoms with E-state index in [1.54, 1.807) is 0 Å². The highest BCUT2D eigenvalue weighted by atomic mass is 16.3. The standard InChI is InChI=1S/C9H17N2O/c1-7(2)11(8(3)4)9(12)5-6-10/h7-9H,5H2,1-4H3. The van der Waals surface area contributed by atoms with Crippen molar-refractivity contribution in [1.29, 1.82) is 5.26 Å². The van der Waals surface area contributed by atoms with Crippen LogP contribution < -0.4 is 0 Å². The zero-order valence-corrected chi connectivity index (χ0v) is 8.24. The first-order chi connectivity index (χ1) is 5.50. The van der Waals surface area contributed by atoms with Crippen LogP contribution in [0.1, 0.15) is 34.1 Å². The Morgan fingerprint density at radius 2 is 1.67 bits per heavy atom. The van der Waals surface area contributed by atoms with E-state index in [2.05, 4.69) is 0 Å². The normalized spacial score (nSPS) is 13.9. The molecule has 12 heavy (non-hydrogen) atoms. The maximum atomic E-state index is 11.4. The molecule has 0 aliphatic rings. The van der Waals surface area contributed by atoms with Crippen LogP contribution in [-0.2, 0) is 5.11 Å². The summed E-state index contributed by atoms with van der Waals surface area (Å²) >= 11 is 0. The molecule has 0 aliphatic carbocycles. The van der Waals surface area contributed by atoms with E-state index in [1.807, 2.05) is 38.7 Å². The molecule has 0 aliphatic heterocycles. The van der Waals surface area contributed by atoms with Crippen LogP contribution in [0.2, 0.25) is 0 Å². The molecule has 0 rings (SSSR count). The van der Waals surface area contributed by atoms with E-state index < -0.39 is 6.23 Å². The van der Waals surface area contributed by atoms with Gasteiger partial charge < -0.3 is 0 Å². The molecule has 0 saturated heterocycles. The van der Waals surface area contributed by atoms with Crippen molar-refractivity contribution in [3.8, 4) is 6.07 Å². The van der Waals surface area contributed by atoms with Crippen molar-refractivity contribution < 1.29 is 5.11 Å². The number of nitrogens with zero attached hydrogens (tertiary/aromatic N) is 2. The summed E-state index contributed by atoms with van der Waals surface area (Å²) < 4.78 is 0. The van der Waals surface area contributed by atoms with Crippen LogP contribution in [0, 0.1) is 11.3 Å². The van der Waals surface area contributed by atoms with Crippen LogP contribution in [0.4, 0.5) is 0 Å². The summed E-state index contributed by atoms with van der Waals surface area (Å²) in [7, 11) is 0. The summed E-state index contributed by atoms with van der Waals surface area (Å²) in [5.41, 5.74) is 0. The Morgan fingerprint density at radius 1 is 1.25 bits per heavy atom. The van der Waals surface area contributed by atoms with Crippen molar-refractivity contribution in [1.82, 2.24) is 4.90 Å². The Bertz CT molecular complexity index is 152. The number of hydrogen-bond donors (Lipinski definition) is 0. The Kier molecular flexibility index (Phi) is 4.87. The Balaban J connectivity index is 4.21. The first kappa shape index (κ1) is 11.4. The molecular weight excluding hydrogens is 152 g/mol. The molecular formula is C9H17N2O. The lowest BCUT2D eigenvalue weighted by Crippen LogP contribution is -2.44. The van der Waals surface area contributed by atoms with Crippen molar-refractivity contribution in [3.63, 3.8) is 0 Å². The fraction of sp³-hybridized carbons (Fsp3) is 0.889. The largest absolute Gasteiger partial charge is 0.270 e. The third kappa shape index (κ3) is 3.21. The van der Waals surface area contributed by atoms with Gasteiger partial charge in [0, 0.05) is 12.1 Å². The van der Waals surface area contributed by atoms with Gasteiger partial charge in [0.1, 0.15) is 0 Å². The van der Waals surface area contributed by atoms with Crippen LogP contribution in [0.3, 0.4) is 0 Å². The molecule has 0 fully saturated rings. The van der Waals surface area contributed by atoms with Gasteiger partial charge in [0.05, 0.1) is 12.5 Å². The molecule has 0 heterocycles. The summed E-state index contributed by atoms with van der Waals surface area (Å²) in [6.07, 6.45) is -0.814. The molecule has 1 unspecified atom stereocenters. The summed E-state index contributed by atoms with van der Waals surface area (Å²) in [5, 5.41) is 19.8. The Morgan fingerprint density at radius 3 is 1.92 bits per heavy atom. The summed E-state index contributed by atoms with van der Waals surface area (Å²) in [5.74, 6) is 0. The van der Waals surface area contributed by atoms with Gasteiger partial charge in [-0.2, -0.15) is 5.26 Å². The second kappa shape index (κ2) is 5.13. The Hall–Kier alpha value is -0.590. The molecule has 0 N–H and O–H groups in total. The van der Waals surface area contributed by atoms with Gasteiger partial charge in [-0.3, -0.25) is 4.90 Å². The average molecular weight is 169 g/mol. The van der Waals surface area contributed by atoms with E-state index >= 15 is 0 Å². The molecule has 3 nitrogen and oxygen atoms in total. The Labute approximate surface area is 74.6 Å². The molecule has 1 atom stereocenters. The van der Waals surface area contributed by atoms with Crippen LogP contribution in [0.5, 0.6) is 0 Å². The highest BCUT2D eigenvalue weighted by molar-refractivity contribution is 4.79. The first-order valence-electron chi connectivity index (χ1n) is 4.31. The fourth-order valence-corrected chi connectivity index (χ4v) is 1.44. The summed E-state index contributed by atoms with van der Waals surface area (Å²) in [6, 6.07) is 2.32. The molecule has 3 heteroatoms. The number of nitriles is 1. The van der Waals surface area contributed by atoms with Crippen molar-refractivity contribution in [3.05, 3.63) is 0 Å². The second-order valence-corrected chi connectivity index (χ2v) is 3.45. The van der Waals surface area contributed by atoms with E-state index in [-0.39, 0.29) is 18.5 Å². The van der Waals surface area contributed by atoms with Gasteiger partial charge in [-0.05, 0) is 27.7 Å². The lowest BCUT2D eigenvalue weighted by atomic mass is 10.2. The van der Waals surface area contributed by atoms with Gasteiger partial charge in [0.25, 0.3) is 0 Å². The van der Waals surface area contributed by atoms with E-state index in [4.69, 9.17) is 5.26 Å². The van der Waals surface area contributed by atoms with Gasteiger partial charge >= 0.3 is 0 Å². The summed E-state index contributed by atoms with van der Waals surface area (Å²) in [4.78, 5) is 1.81. The van der Waals surface area contributed by atoms with E-state index in [9.17, 15) is 5.11 Å². The summed E-state index contributed by atoms with van der Waals surface area (Å²) in [6.45, 7) is 7.90. The molecule has 69 valence electrons. The van der Waals surface area contributed by atoms with E-state index in [0.717, 1.165) is 0 Å². The van der Waals surface area contributed by atoms with Crippen LogP contribution in [0.15, 0.2) is 0 Å². The molecule has 0 bridgehead atoms. The monoisotopic (exact) mass is 169 g/mol. The highest BCUT2D eigenvalue weighted by Gasteiger charge is 2.22. The SMILES string of the molecule is CC(C)N(C(C)C)C([O])CC#N. The highest BCUT2D eigenvalue weighted by Crippen LogP contribution is 2.11. The number of hydrogen-bond acceptors (Lipinski definition) is 2. The lowest BCUT2D eigenvalue weighted by Gasteiger charge is -2.32. The third-order valence-corrected chi connectivity index (χ3v) is 1.79. The molecule has 0 saturated carbocycles. The quantitative estimate of drug-likeness (QED) is 0.602. The predicted molar refractivity (Wildman–Crippen MR) is 46.8 cm³/mol. The zero-order valence-electron chi connectivity index (χ0n) is 8.24. The fourth-order valence-electron chi connectivity index (χ4n) is 1.44. The molecule has 0 aromatic carbocycles. The minimum absolute atomic E-state index is 0.0658. The van der Waals surface area contributed by atoms with Gasteiger partial charge in [-0.25, -0.2) is 5.11 Å². The predicted octanol–water partition coefficient (Wildman–Crippen LogP) is 1.78. The van der Waals surface area contributed by atoms with Crippen LogP contribution >= 0.6 is 0 Å². The smallest absolute Gasteiger partial charge is 0.159 e. The van der Waals surface area contributed by atoms with Crippen LogP contribution in [0.25, 0.3) is 0 Å². The second-order valence-electron chi connectivity index (χ2n) is 3.45. The molecule has 0 aromatic rings. The average Bonchev–Trinajstić information content (AvgIpc) is 1.85. The van der Waals surface area contributed by atoms with Gasteiger partial charge in [0.2, 0.25) is 0 Å². The third-order valence-electron chi connectivity index (χ3n) is 1.79. The van der Waals surface area contributed by atoms with E-state index in [0.29, 0.717) is 0 Å². The van der Waals surface area contributed by atoms with Crippen molar-refractivity contribution in [2.45, 2.75) is 52.4 Å². The number of rotatable bonds is 4. The van der Waals surface area contributed by atoms with Crippen molar-refractivity contribution >= 4 is 0 Å². The topological polar surface area (TPSA) is 46.9 Å². The minimum Gasteiger partial charge on any atom is -0.270 e. The molecule has 1 radical (unpaired) electrons. The molecule has 0 amide bonds. The molecule has 0 aromatic heterocycles. The van der Waals surface area contributed by atoms with Gasteiger partial charge in [-0.15, -0.1) is 0 Å². The van der Waals surface area contributed by atoms with Crippen molar-refractivity contribution in [2.24, 2.45) is 0 Å². The first-order valence-corrected chi connectivity index (χ1v) is 4.31.